The number of amides is 2. The average Bonchev–Trinajstić information content (AvgIpc) is 3.15. The Hall–Kier alpha value is -1.15. The number of hydrogen-bond donors (Lipinski definition) is 1. The van der Waals surface area contributed by atoms with Crippen molar-refractivity contribution in [3.8, 4) is 0 Å². The average molecular weight is 382 g/mol. The van der Waals surface area contributed by atoms with Crippen molar-refractivity contribution in [2.45, 2.75) is 44.8 Å². The fourth-order valence-electron chi connectivity index (χ4n) is 6.07. The minimum atomic E-state index is -2.85. The lowest BCUT2D eigenvalue weighted by Gasteiger charge is -2.54. The lowest BCUT2D eigenvalue weighted by atomic mass is 9.63. The van der Waals surface area contributed by atoms with Crippen LogP contribution in [0.25, 0.3) is 0 Å². The van der Waals surface area contributed by atoms with Gasteiger partial charge in [-0.15, -0.1) is 0 Å². The van der Waals surface area contributed by atoms with Gasteiger partial charge in [0.15, 0.2) is 9.84 Å². The highest BCUT2D eigenvalue weighted by molar-refractivity contribution is 7.92. The summed E-state index contributed by atoms with van der Waals surface area (Å²) in [4.78, 5) is 29.3. The van der Waals surface area contributed by atoms with Crippen molar-refractivity contribution in [1.29, 1.82) is 0 Å². The van der Waals surface area contributed by atoms with E-state index in [0.29, 0.717) is 38.9 Å². The highest BCUT2D eigenvalue weighted by atomic mass is 32.2. The molecule has 8 heteroatoms. The highest BCUT2D eigenvalue weighted by Gasteiger charge is 2.72. The first-order valence-electron chi connectivity index (χ1n) is 9.63. The lowest BCUT2D eigenvalue weighted by Crippen LogP contribution is -2.63. The van der Waals surface area contributed by atoms with E-state index in [4.69, 9.17) is 0 Å². The van der Waals surface area contributed by atoms with Gasteiger partial charge in [0.1, 0.15) is 0 Å². The van der Waals surface area contributed by atoms with E-state index in [1.807, 2.05) is 16.7 Å². The van der Waals surface area contributed by atoms with Crippen LogP contribution < -0.4 is 0 Å². The summed E-state index contributed by atoms with van der Waals surface area (Å²) in [6, 6.07) is -0.0135. The SMILES string of the molecule is CC1CN(C(=O)[C@@]23C[C@@H](O)[C@@H]2C3)CCN1C(=O)C1CC2(C1)CS(=O)(=O)C2. The van der Waals surface area contributed by atoms with Gasteiger partial charge in [0.05, 0.1) is 23.0 Å². The van der Waals surface area contributed by atoms with E-state index in [0.717, 1.165) is 6.42 Å². The first kappa shape index (κ1) is 17.0. The van der Waals surface area contributed by atoms with Crippen LogP contribution in [-0.2, 0) is 19.4 Å². The van der Waals surface area contributed by atoms with Crippen LogP contribution in [0.3, 0.4) is 0 Å². The van der Waals surface area contributed by atoms with Crippen molar-refractivity contribution < 1.29 is 23.1 Å². The van der Waals surface area contributed by atoms with Crippen molar-refractivity contribution in [3.63, 3.8) is 0 Å². The van der Waals surface area contributed by atoms with Gasteiger partial charge in [-0.05, 0) is 38.0 Å². The molecule has 2 aliphatic heterocycles. The van der Waals surface area contributed by atoms with Gasteiger partial charge in [0.25, 0.3) is 0 Å². The Labute approximate surface area is 153 Å². The summed E-state index contributed by atoms with van der Waals surface area (Å²) in [6.07, 6.45) is 2.49. The Bertz CT molecular complexity index is 775. The summed E-state index contributed by atoms with van der Waals surface area (Å²) < 4.78 is 22.8. The molecule has 5 aliphatic rings. The number of nitrogens with zero attached hydrogens (tertiary/aromatic N) is 2. The third kappa shape index (κ3) is 2.24. The van der Waals surface area contributed by atoms with Crippen LogP contribution in [0.15, 0.2) is 0 Å². The molecular formula is C18H26N2O5S. The molecule has 1 N–H and O–H groups in total. The zero-order valence-corrected chi connectivity index (χ0v) is 15.9. The molecule has 0 aromatic heterocycles. The van der Waals surface area contributed by atoms with E-state index >= 15 is 0 Å². The third-order valence-corrected chi connectivity index (χ3v) is 9.66. The molecule has 7 nitrogen and oxygen atoms in total. The number of aliphatic hydroxyl groups excluding tert-OH is 1. The number of hydrogen-bond acceptors (Lipinski definition) is 5. The largest absolute Gasteiger partial charge is 0.393 e. The van der Waals surface area contributed by atoms with Gasteiger partial charge in [-0.2, -0.15) is 0 Å². The Morgan fingerprint density at radius 2 is 1.77 bits per heavy atom. The summed E-state index contributed by atoms with van der Waals surface area (Å²) in [5, 5.41) is 9.67. The van der Waals surface area contributed by atoms with Crippen LogP contribution >= 0.6 is 0 Å². The Balaban J connectivity index is 1.16. The second-order valence-corrected chi connectivity index (χ2v) is 11.6. The number of piperazine rings is 1. The van der Waals surface area contributed by atoms with Gasteiger partial charge < -0.3 is 14.9 Å². The zero-order chi connectivity index (χ0) is 18.5. The smallest absolute Gasteiger partial charge is 0.229 e. The fraction of sp³-hybridized carbons (Fsp3) is 0.889. The van der Waals surface area contributed by atoms with E-state index in [9.17, 15) is 23.1 Å². The van der Waals surface area contributed by atoms with Gasteiger partial charge in [-0.1, -0.05) is 0 Å². The van der Waals surface area contributed by atoms with E-state index in [1.165, 1.54) is 0 Å². The number of aliphatic hydroxyl groups is 1. The molecule has 2 heterocycles. The number of fused-ring (bicyclic) bond motifs is 1. The standard InChI is InChI=1S/C18H26N2O5S/c1-11-8-19(16(23)18-6-13(18)14(21)7-18)2-3-20(11)15(22)12-4-17(5-12)9-26(24,25)10-17/h11-14,21H,2-10H2,1H3/t11?,13-,14+,18-/m0/s1. The molecule has 3 aliphatic carbocycles. The van der Waals surface area contributed by atoms with Gasteiger partial charge in [-0.25, -0.2) is 8.42 Å². The molecule has 2 amide bonds. The summed E-state index contributed by atoms with van der Waals surface area (Å²) in [6.45, 7) is 3.65. The molecule has 2 saturated heterocycles. The van der Waals surface area contributed by atoms with Gasteiger partial charge in [0.2, 0.25) is 11.8 Å². The Kier molecular flexibility index (Phi) is 3.27. The van der Waals surface area contributed by atoms with Crippen LogP contribution in [0.4, 0.5) is 0 Å². The molecule has 0 aromatic rings. The molecule has 0 radical (unpaired) electrons. The number of carbonyl (C=O) groups excluding carboxylic acids is 2. The van der Waals surface area contributed by atoms with Crippen LogP contribution in [0, 0.1) is 22.7 Å². The van der Waals surface area contributed by atoms with Crippen LogP contribution in [-0.4, -0.2) is 78.4 Å². The normalized spacial score (nSPS) is 42.3. The van der Waals surface area contributed by atoms with E-state index < -0.39 is 9.84 Å². The van der Waals surface area contributed by atoms with Crippen LogP contribution in [0.2, 0.25) is 0 Å². The van der Waals surface area contributed by atoms with E-state index in [1.54, 1.807) is 0 Å². The minimum Gasteiger partial charge on any atom is -0.393 e. The number of carbonyl (C=O) groups is 2. The van der Waals surface area contributed by atoms with Crippen molar-refractivity contribution in [3.05, 3.63) is 0 Å². The van der Waals surface area contributed by atoms with Crippen molar-refractivity contribution in [1.82, 2.24) is 9.80 Å². The third-order valence-electron chi connectivity index (χ3n) is 7.56. The van der Waals surface area contributed by atoms with Gasteiger partial charge >= 0.3 is 0 Å². The first-order chi connectivity index (χ1) is 12.1. The van der Waals surface area contributed by atoms with Crippen LogP contribution in [0.1, 0.15) is 32.6 Å². The maximum atomic E-state index is 12.8. The van der Waals surface area contributed by atoms with E-state index in [-0.39, 0.29) is 58.1 Å². The number of rotatable bonds is 2. The zero-order valence-electron chi connectivity index (χ0n) is 15.1. The van der Waals surface area contributed by atoms with Crippen molar-refractivity contribution in [2.75, 3.05) is 31.1 Å². The molecule has 5 rings (SSSR count). The highest BCUT2D eigenvalue weighted by Crippen LogP contribution is 2.68. The number of sulfone groups is 1. The molecule has 3 saturated carbocycles. The molecule has 4 atom stereocenters. The monoisotopic (exact) mass is 382 g/mol. The predicted octanol–water partition coefficient (Wildman–Crippen LogP) is -0.359. The molecule has 1 spiro atoms. The van der Waals surface area contributed by atoms with Crippen molar-refractivity contribution in [2.24, 2.45) is 22.7 Å². The van der Waals surface area contributed by atoms with Crippen LogP contribution in [0.5, 0.6) is 0 Å². The Morgan fingerprint density at radius 3 is 2.27 bits per heavy atom. The molecule has 1 unspecified atom stereocenters. The molecular weight excluding hydrogens is 356 g/mol. The molecule has 144 valence electrons. The van der Waals surface area contributed by atoms with Gasteiger partial charge in [0, 0.05) is 37.5 Å². The van der Waals surface area contributed by atoms with E-state index in [2.05, 4.69) is 0 Å². The Morgan fingerprint density at radius 1 is 1.08 bits per heavy atom. The molecule has 5 fully saturated rings. The molecule has 0 bridgehead atoms. The topological polar surface area (TPSA) is 95.0 Å². The summed E-state index contributed by atoms with van der Waals surface area (Å²) in [5.74, 6) is 0.890. The maximum Gasteiger partial charge on any atom is 0.229 e. The maximum absolute atomic E-state index is 12.8. The summed E-state index contributed by atoms with van der Waals surface area (Å²) in [7, 11) is -2.85. The summed E-state index contributed by atoms with van der Waals surface area (Å²) in [5.41, 5.74) is -0.410. The van der Waals surface area contributed by atoms with Gasteiger partial charge in [-0.3, -0.25) is 9.59 Å². The second-order valence-electron chi connectivity index (χ2n) is 9.51. The first-order valence-corrected chi connectivity index (χ1v) is 11.5. The minimum absolute atomic E-state index is 0.0135. The quantitative estimate of drug-likeness (QED) is 0.704. The molecule has 0 aromatic carbocycles. The second kappa shape index (κ2) is 5.01. The lowest BCUT2D eigenvalue weighted by molar-refractivity contribution is -0.155. The fourth-order valence-corrected chi connectivity index (χ4v) is 8.32. The summed E-state index contributed by atoms with van der Waals surface area (Å²) >= 11 is 0. The molecule has 26 heavy (non-hydrogen) atoms. The predicted molar refractivity (Wildman–Crippen MR) is 92.7 cm³/mol. The van der Waals surface area contributed by atoms with Crippen molar-refractivity contribution >= 4 is 21.7 Å².